The molecule has 3 heteroatoms. The van der Waals surface area contributed by atoms with Gasteiger partial charge in [-0.05, 0) is 49.4 Å². The average molecular weight is 295 g/mol. The predicted molar refractivity (Wildman–Crippen MR) is 88.8 cm³/mol. The van der Waals surface area contributed by atoms with E-state index in [1.54, 1.807) is 0 Å². The summed E-state index contributed by atoms with van der Waals surface area (Å²) in [5.74, 6) is 0.757. The van der Waals surface area contributed by atoms with Crippen molar-refractivity contribution < 1.29 is 4.21 Å². The summed E-state index contributed by atoms with van der Waals surface area (Å²) in [6.45, 7) is 8.77. The van der Waals surface area contributed by atoms with Crippen LogP contribution in [-0.2, 0) is 16.2 Å². The maximum Gasteiger partial charge on any atom is 0.0529 e. The summed E-state index contributed by atoms with van der Waals surface area (Å²) in [6, 6.07) is 8.80. The summed E-state index contributed by atoms with van der Waals surface area (Å²) in [5.41, 5.74) is 1.45. The Morgan fingerprint density at radius 2 is 1.80 bits per heavy atom. The van der Waals surface area contributed by atoms with Gasteiger partial charge in [-0.3, -0.25) is 4.21 Å². The molecule has 114 valence electrons. The maximum absolute atomic E-state index is 12.3. The van der Waals surface area contributed by atoms with Crippen molar-refractivity contribution in [1.82, 2.24) is 5.32 Å². The monoisotopic (exact) mass is 295 g/mol. The molecule has 1 rings (SSSR count). The van der Waals surface area contributed by atoms with E-state index in [9.17, 15) is 4.21 Å². The van der Waals surface area contributed by atoms with Crippen molar-refractivity contribution in [2.24, 2.45) is 0 Å². The lowest BCUT2D eigenvalue weighted by molar-refractivity contribution is 0.503. The van der Waals surface area contributed by atoms with Gasteiger partial charge in [-0.1, -0.05) is 39.8 Å². The second-order valence-electron chi connectivity index (χ2n) is 6.36. The summed E-state index contributed by atoms with van der Waals surface area (Å²) in [5, 5.41) is 3.29. The number of hydrogen-bond donors (Lipinski definition) is 1. The van der Waals surface area contributed by atoms with Gasteiger partial charge in [-0.2, -0.15) is 0 Å². The Labute approximate surface area is 126 Å². The molecule has 0 aliphatic heterocycles. The summed E-state index contributed by atoms with van der Waals surface area (Å²) in [6.07, 6.45) is 3.23. The molecule has 2 nitrogen and oxygen atoms in total. The van der Waals surface area contributed by atoms with E-state index in [1.807, 2.05) is 19.2 Å². The van der Waals surface area contributed by atoms with E-state index < -0.39 is 10.8 Å². The van der Waals surface area contributed by atoms with E-state index in [0.717, 1.165) is 29.9 Å². The van der Waals surface area contributed by atoms with E-state index in [4.69, 9.17) is 0 Å². The van der Waals surface area contributed by atoms with Gasteiger partial charge in [-0.25, -0.2) is 0 Å². The number of hydrogen-bond acceptors (Lipinski definition) is 2. The van der Waals surface area contributed by atoms with Crippen LogP contribution in [0.1, 0.15) is 52.5 Å². The zero-order valence-electron chi connectivity index (χ0n) is 13.5. The van der Waals surface area contributed by atoms with Crippen LogP contribution in [0.3, 0.4) is 0 Å². The fraction of sp³-hybridized carbons (Fsp3) is 0.647. The molecule has 2 unspecified atom stereocenters. The Morgan fingerprint density at radius 1 is 1.20 bits per heavy atom. The molecule has 0 fully saturated rings. The summed E-state index contributed by atoms with van der Waals surface area (Å²) >= 11 is 0. The average Bonchev–Trinajstić information content (AvgIpc) is 2.42. The molecule has 0 aliphatic carbocycles. The molecular formula is C17H29NOS. The second kappa shape index (κ2) is 7.94. The first-order valence-corrected chi connectivity index (χ1v) is 8.86. The van der Waals surface area contributed by atoms with E-state index in [1.165, 1.54) is 5.56 Å². The molecule has 0 aromatic heterocycles. The van der Waals surface area contributed by atoms with Crippen LogP contribution in [0.5, 0.6) is 0 Å². The Balaban J connectivity index is 2.52. The highest BCUT2D eigenvalue weighted by Crippen LogP contribution is 2.23. The van der Waals surface area contributed by atoms with Gasteiger partial charge in [0.25, 0.3) is 0 Å². The highest BCUT2D eigenvalue weighted by Gasteiger charge is 2.14. The topological polar surface area (TPSA) is 29.1 Å². The third kappa shape index (κ3) is 5.37. The van der Waals surface area contributed by atoms with E-state index in [0.29, 0.717) is 6.04 Å². The fourth-order valence-electron chi connectivity index (χ4n) is 2.24. The molecule has 1 aromatic carbocycles. The van der Waals surface area contributed by atoms with E-state index >= 15 is 0 Å². The Bertz CT molecular complexity index is 416. The molecule has 0 radical (unpaired) electrons. The molecule has 0 heterocycles. The molecule has 0 saturated heterocycles. The molecule has 2 atom stereocenters. The third-order valence-electron chi connectivity index (χ3n) is 3.77. The van der Waals surface area contributed by atoms with Gasteiger partial charge in [-0.15, -0.1) is 0 Å². The van der Waals surface area contributed by atoms with Crippen molar-refractivity contribution in [2.45, 2.75) is 63.3 Å². The van der Waals surface area contributed by atoms with Crippen molar-refractivity contribution >= 4 is 10.8 Å². The lowest BCUT2D eigenvalue weighted by Crippen LogP contribution is -2.24. The highest BCUT2D eigenvalue weighted by molar-refractivity contribution is 7.85. The largest absolute Gasteiger partial charge is 0.317 e. The summed E-state index contributed by atoms with van der Waals surface area (Å²) in [4.78, 5) is 0.954. The lowest BCUT2D eigenvalue weighted by atomic mass is 9.87. The van der Waals surface area contributed by atoms with Crippen molar-refractivity contribution in [2.75, 3.05) is 12.8 Å². The first-order valence-electron chi connectivity index (χ1n) is 7.54. The molecule has 0 amide bonds. The van der Waals surface area contributed by atoms with Crippen molar-refractivity contribution in [3.8, 4) is 0 Å². The molecule has 20 heavy (non-hydrogen) atoms. The SMILES string of the molecule is CCC(CCCS(=O)c1ccc(C(C)(C)C)cc1)NC. The number of nitrogens with one attached hydrogen (secondary N) is 1. The lowest BCUT2D eigenvalue weighted by Gasteiger charge is -2.19. The molecule has 0 saturated carbocycles. The standard InChI is InChI=1S/C17H29NOS/c1-6-15(18-5)8-7-13-20(19)16-11-9-14(10-12-16)17(2,3)4/h9-12,15,18H,6-8,13H2,1-5H3. The van der Waals surface area contributed by atoms with Crippen LogP contribution in [0.25, 0.3) is 0 Å². The summed E-state index contributed by atoms with van der Waals surface area (Å²) in [7, 11) is 1.13. The van der Waals surface area contributed by atoms with Gasteiger partial charge in [0.1, 0.15) is 0 Å². The van der Waals surface area contributed by atoms with Crippen LogP contribution >= 0.6 is 0 Å². The van der Waals surface area contributed by atoms with Crippen LogP contribution in [0.2, 0.25) is 0 Å². The Hall–Kier alpha value is -0.670. The van der Waals surface area contributed by atoms with Gasteiger partial charge in [0.05, 0.1) is 10.8 Å². The zero-order chi connectivity index (χ0) is 15.2. The van der Waals surface area contributed by atoms with Gasteiger partial charge < -0.3 is 5.32 Å². The van der Waals surface area contributed by atoms with Crippen molar-refractivity contribution in [3.05, 3.63) is 29.8 Å². The van der Waals surface area contributed by atoms with Gasteiger partial charge >= 0.3 is 0 Å². The van der Waals surface area contributed by atoms with Crippen LogP contribution in [-0.4, -0.2) is 23.1 Å². The van der Waals surface area contributed by atoms with Crippen molar-refractivity contribution in [1.29, 1.82) is 0 Å². The molecule has 0 aliphatic rings. The minimum atomic E-state index is -0.867. The first-order chi connectivity index (χ1) is 9.38. The molecular weight excluding hydrogens is 266 g/mol. The van der Waals surface area contributed by atoms with Crippen LogP contribution in [0.4, 0.5) is 0 Å². The van der Waals surface area contributed by atoms with E-state index in [-0.39, 0.29) is 5.41 Å². The van der Waals surface area contributed by atoms with Crippen LogP contribution in [0.15, 0.2) is 29.2 Å². The minimum Gasteiger partial charge on any atom is -0.317 e. The van der Waals surface area contributed by atoms with Crippen LogP contribution < -0.4 is 5.32 Å². The number of rotatable bonds is 7. The molecule has 1 N–H and O–H groups in total. The predicted octanol–water partition coefficient (Wildman–Crippen LogP) is 3.87. The Morgan fingerprint density at radius 3 is 2.25 bits per heavy atom. The normalized spacial score (nSPS) is 15.1. The van der Waals surface area contributed by atoms with Gasteiger partial charge in [0, 0.05) is 16.7 Å². The molecule has 0 spiro atoms. The quantitative estimate of drug-likeness (QED) is 0.827. The van der Waals surface area contributed by atoms with Crippen LogP contribution in [0, 0.1) is 0 Å². The van der Waals surface area contributed by atoms with E-state index in [2.05, 4.69) is 45.1 Å². The first kappa shape index (κ1) is 17.4. The smallest absolute Gasteiger partial charge is 0.0529 e. The maximum atomic E-state index is 12.3. The van der Waals surface area contributed by atoms with Gasteiger partial charge in [0.2, 0.25) is 0 Å². The third-order valence-corrected chi connectivity index (χ3v) is 5.22. The van der Waals surface area contributed by atoms with Gasteiger partial charge in [0.15, 0.2) is 0 Å². The fourth-order valence-corrected chi connectivity index (χ4v) is 3.34. The highest BCUT2D eigenvalue weighted by atomic mass is 32.2. The molecule has 0 bridgehead atoms. The zero-order valence-corrected chi connectivity index (χ0v) is 14.3. The van der Waals surface area contributed by atoms with Crippen molar-refractivity contribution in [3.63, 3.8) is 0 Å². The minimum absolute atomic E-state index is 0.154. The molecule has 1 aromatic rings. The Kier molecular flexibility index (Phi) is 6.90. The number of benzene rings is 1. The summed E-state index contributed by atoms with van der Waals surface area (Å²) < 4.78 is 12.3. The second-order valence-corrected chi connectivity index (χ2v) is 7.93.